The molecule has 1 aliphatic rings. The number of aromatic hydroxyl groups is 1. The Balaban J connectivity index is 1.62. The fourth-order valence-electron chi connectivity index (χ4n) is 2.36. The van der Waals surface area contributed by atoms with Crippen molar-refractivity contribution >= 4 is 23.9 Å². The first kappa shape index (κ1) is 15.4. The SMILES string of the molecule is O=C(N/N=C/CN1C(=O)c2ccccc2C1=O)c1ccccc1O. The molecule has 120 valence electrons. The summed E-state index contributed by atoms with van der Waals surface area (Å²) in [6.07, 6.45) is 1.25. The second kappa shape index (κ2) is 6.33. The number of fused-ring (bicyclic) bond motifs is 1. The molecule has 7 nitrogen and oxygen atoms in total. The van der Waals surface area contributed by atoms with Gasteiger partial charge < -0.3 is 5.11 Å². The topological polar surface area (TPSA) is 99.1 Å². The van der Waals surface area contributed by atoms with Crippen molar-refractivity contribution in [3.63, 3.8) is 0 Å². The van der Waals surface area contributed by atoms with E-state index in [-0.39, 0.29) is 17.9 Å². The lowest BCUT2D eigenvalue weighted by atomic mass is 10.1. The second-order valence-electron chi connectivity index (χ2n) is 5.04. The number of phenolic OH excluding ortho intramolecular Hbond substituents is 1. The highest BCUT2D eigenvalue weighted by Gasteiger charge is 2.34. The number of phenols is 1. The largest absolute Gasteiger partial charge is 0.507 e. The number of hydrogen-bond acceptors (Lipinski definition) is 5. The van der Waals surface area contributed by atoms with E-state index in [4.69, 9.17) is 0 Å². The maximum Gasteiger partial charge on any atom is 0.275 e. The average molecular weight is 323 g/mol. The highest BCUT2D eigenvalue weighted by molar-refractivity contribution is 6.22. The summed E-state index contributed by atoms with van der Waals surface area (Å²) in [5.41, 5.74) is 3.03. The van der Waals surface area contributed by atoms with E-state index in [1.165, 1.54) is 18.3 Å². The van der Waals surface area contributed by atoms with Gasteiger partial charge in [0.2, 0.25) is 0 Å². The van der Waals surface area contributed by atoms with Crippen LogP contribution in [0.5, 0.6) is 5.75 Å². The molecule has 0 unspecified atom stereocenters. The van der Waals surface area contributed by atoms with Crippen molar-refractivity contribution in [2.45, 2.75) is 0 Å². The Morgan fingerprint density at radius 2 is 1.62 bits per heavy atom. The van der Waals surface area contributed by atoms with Crippen LogP contribution in [0.4, 0.5) is 0 Å². The number of imide groups is 1. The number of hydrogen-bond donors (Lipinski definition) is 2. The fourth-order valence-corrected chi connectivity index (χ4v) is 2.36. The summed E-state index contributed by atoms with van der Waals surface area (Å²) < 4.78 is 0. The van der Waals surface area contributed by atoms with Crippen LogP contribution in [-0.4, -0.2) is 40.5 Å². The summed E-state index contributed by atoms with van der Waals surface area (Å²) in [5, 5.41) is 13.3. The molecule has 1 aliphatic heterocycles. The smallest absolute Gasteiger partial charge is 0.275 e. The number of nitrogens with zero attached hydrogens (tertiary/aromatic N) is 2. The third kappa shape index (κ3) is 2.74. The van der Waals surface area contributed by atoms with Gasteiger partial charge in [-0.3, -0.25) is 19.3 Å². The predicted molar refractivity (Wildman–Crippen MR) is 85.9 cm³/mol. The Bertz CT molecular complexity index is 825. The molecule has 0 fully saturated rings. The maximum absolute atomic E-state index is 12.1. The van der Waals surface area contributed by atoms with E-state index in [1.807, 2.05) is 0 Å². The minimum absolute atomic E-state index is 0.0621. The van der Waals surface area contributed by atoms with Gasteiger partial charge in [0.15, 0.2) is 0 Å². The molecule has 0 atom stereocenters. The zero-order chi connectivity index (χ0) is 17.1. The molecule has 0 aromatic heterocycles. The average Bonchev–Trinajstić information content (AvgIpc) is 2.84. The van der Waals surface area contributed by atoms with Crippen LogP contribution < -0.4 is 5.43 Å². The molecule has 0 spiro atoms. The standard InChI is InChI=1S/C17H13N3O4/c21-14-8-4-3-7-13(14)15(22)19-18-9-10-20-16(23)11-5-1-2-6-12(11)17(20)24/h1-9,21H,10H2,(H,19,22)/b18-9+. The monoisotopic (exact) mass is 323 g/mol. The number of nitrogens with one attached hydrogen (secondary N) is 1. The van der Waals surface area contributed by atoms with Gasteiger partial charge >= 0.3 is 0 Å². The van der Waals surface area contributed by atoms with Gasteiger partial charge in [-0.25, -0.2) is 5.43 Å². The molecule has 2 N–H and O–H groups in total. The van der Waals surface area contributed by atoms with Gasteiger partial charge in [-0.1, -0.05) is 24.3 Å². The van der Waals surface area contributed by atoms with Crippen molar-refractivity contribution in [3.05, 3.63) is 65.2 Å². The number of amides is 3. The number of rotatable bonds is 4. The van der Waals surface area contributed by atoms with Crippen LogP contribution in [-0.2, 0) is 0 Å². The maximum atomic E-state index is 12.1. The van der Waals surface area contributed by atoms with E-state index in [0.717, 1.165) is 4.90 Å². The third-order valence-electron chi connectivity index (χ3n) is 3.55. The highest BCUT2D eigenvalue weighted by Crippen LogP contribution is 2.21. The van der Waals surface area contributed by atoms with E-state index in [9.17, 15) is 19.5 Å². The van der Waals surface area contributed by atoms with Crippen LogP contribution in [0.25, 0.3) is 0 Å². The molecular formula is C17H13N3O4. The first-order valence-electron chi connectivity index (χ1n) is 7.14. The summed E-state index contributed by atoms with van der Waals surface area (Å²) in [6, 6.07) is 12.6. The Morgan fingerprint density at radius 3 is 2.25 bits per heavy atom. The van der Waals surface area contributed by atoms with Gasteiger partial charge in [0.1, 0.15) is 5.75 Å². The minimum Gasteiger partial charge on any atom is -0.507 e. The summed E-state index contributed by atoms with van der Waals surface area (Å²) in [6.45, 7) is -0.0621. The molecular weight excluding hydrogens is 310 g/mol. The van der Waals surface area contributed by atoms with Crippen LogP contribution in [0.2, 0.25) is 0 Å². The number of para-hydroxylation sites is 1. The normalized spacial score (nSPS) is 13.4. The lowest BCUT2D eigenvalue weighted by Crippen LogP contribution is -2.32. The lowest BCUT2D eigenvalue weighted by Gasteiger charge is -2.09. The summed E-state index contributed by atoms with van der Waals surface area (Å²) in [5.74, 6) is -1.54. The van der Waals surface area contributed by atoms with Crippen LogP contribution >= 0.6 is 0 Å². The molecule has 2 aromatic carbocycles. The van der Waals surface area contributed by atoms with Gasteiger partial charge in [0.05, 0.1) is 23.2 Å². The van der Waals surface area contributed by atoms with Crippen LogP contribution in [0.3, 0.4) is 0 Å². The number of benzene rings is 2. The van der Waals surface area contributed by atoms with Crippen LogP contribution in [0.15, 0.2) is 53.6 Å². The number of carbonyl (C=O) groups excluding carboxylic acids is 3. The molecule has 0 saturated carbocycles. The van der Waals surface area contributed by atoms with E-state index in [1.54, 1.807) is 36.4 Å². The molecule has 0 aliphatic carbocycles. The van der Waals surface area contributed by atoms with Crippen molar-refractivity contribution in [1.29, 1.82) is 0 Å². The molecule has 3 rings (SSSR count). The van der Waals surface area contributed by atoms with Crippen molar-refractivity contribution in [1.82, 2.24) is 10.3 Å². The molecule has 1 heterocycles. The zero-order valence-corrected chi connectivity index (χ0v) is 12.5. The van der Waals surface area contributed by atoms with Gasteiger partial charge in [0.25, 0.3) is 17.7 Å². The zero-order valence-electron chi connectivity index (χ0n) is 12.5. The molecule has 2 aromatic rings. The van der Waals surface area contributed by atoms with E-state index in [0.29, 0.717) is 11.1 Å². The number of carbonyl (C=O) groups is 3. The highest BCUT2D eigenvalue weighted by atomic mass is 16.3. The Kier molecular flexibility index (Phi) is 4.07. The van der Waals surface area contributed by atoms with Crippen molar-refractivity contribution in [2.24, 2.45) is 5.10 Å². The quantitative estimate of drug-likeness (QED) is 0.505. The Morgan fingerprint density at radius 1 is 1.04 bits per heavy atom. The fraction of sp³-hybridized carbons (Fsp3) is 0.0588. The molecule has 24 heavy (non-hydrogen) atoms. The van der Waals surface area contributed by atoms with Crippen LogP contribution in [0, 0.1) is 0 Å². The Labute approximate surface area is 137 Å². The minimum atomic E-state index is -0.591. The summed E-state index contributed by atoms with van der Waals surface area (Å²) in [4.78, 5) is 37.1. The lowest BCUT2D eigenvalue weighted by molar-refractivity contribution is 0.0679. The Hall–Kier alpha value is -3.48. The van der Waals surface area contributed by atoms with Crippen molar-refractivity contribution in [3.8, 4) is 5.75 Å². The second-order valence-corrected chi connectivity index (χ2v) is 5.04. The van der Waals surface area contributed by atoms with E-state index < -0.39 is 17.7 Å². The van der Waals surface area contributed by atoms with Gasteiger partial charge in [-0.2, -0.15) is 5.10 Å². The first-order valence-corrected chi connectivity index (χ1v) is 7.14. The predicted octanol–water partition coefficient (Wildman–Crippen LogP) is 1.40. The molecule has 0 radical (unpaired) electrons. The van der Waals surface area contributed by atoms with Crippen molar-refractivity contribution < 1.29 is 19.5 Å². The molecule has 7 heteroatoms. The molecule has 0 bridgehead atoms. The van der Waals surface area contributed by atoms with Crippen molar-refractivity contribution in [2.75, 3.05) is 6.54 Å². The van der Waals surface area contributed by atoms with Gasteiger partial charge in [-0.05, 0) is 24.3 Å². The first-order chi connectivity index (χ1) is 11.6. The van der Waals surface area contributed by atoms with E-state index in [2.05, 4.69) is 10.5 Å². The van der Waals surface area contributed by atoms with Crippen LogP contribution in [0.1, 0.15) is 31.1 Å². The van der Waals surface area contributed by atoms with Gasteiger partial charge in [0, 0.05) is 6.21 Å². The molecule has 0 saturated heterocycles. The van der Waals surface area contributed by atoms with E-state index >= 15 is 0 Å². The summed E-state index contributed by atoms with van der Waals surface area (Å²) in [7, 11) is 0. The third-order valence-corrected chi connectivity index (χ3v) is 3.55. The molecule has 3 amide bonds. The summed E-state index contributed by atoms with van der Waals surface area (Å²) >= 11 is 0. The number of hydrazone groups is 1. The van der Waals surface area contributed by atoms with Gasteiger partial charge in [-0.15, -0.1) is 0 Å².